The van der Waals surface area contributed by atoms with Crippen LogP contribution in [0.3, 0.4) is 0 Å². The maximum absolute atomic E-state index is 12.9. The van der Waals surface area contributed by atoms with Gasteiger partial charge in [-0.1, -0.05) is 35.3 Å². The molecule has 1 saturated carbocycles. The summed E-state index contributed by atoms with van der Waals surface area (Å²) in [7, 11) is 0. The second kappa shape index (κ2) is 9.67. The van der Waals surface area contributed by atoms with E-state index in [0.29, 0.717) is 24.5 Å². The molecule has 1 aliphatic heterocycles. The third kappa shape index (κ3) is 5.36. The molecule has 168 valence electrons. The third-order valence-electron chi connectivity index (χ3n) is 5.89. The Kier molecular flexibility index (Phi) is 7.19. The summed E-state index contributed by atoms with van der Waals surface area (Å²) in [6.45, 7) is 3.19. The number of nitrogens with one attached hydrogen (secondary N) is 3. The van der Waals surface area contributed by atoms with Gasteiger partial charge in [-0.05, 0) is 56.7 Å². The summed E-state index contributed by atoms with van der Waals surface area (Å²) in [6.07, 6.45) is 3.07. The highest BCUT2D eigenvalue weighted by Gasteiger charge is 2.52. The molecule has 1 unspecified atom stereocenters. The van der Waals surface area contributed by atoms with Crippen molar-refractivity contribution in [2.75, 3.05) is 6.54 Å². The summed E-state index contributed by atoms with van der Waals surface area (Å²) >= 11 is 3.32. The maximum Gasteiger partial charge on any atom is 0.325 e. The number of rotatable bonds is 6. The van der Waals surface area contributed by atoms with Gasteiger partial charge in [-0.15, -0.1) is 0 Å². The molecule has 2 aliphatic rings. The van der Waals surface area contributed by atoms with Gasteiger partial charge in [-0.2, -0.15) is 0 Å². The molecule has 3 rings (SSSR count). The Balaban J connectivity index is 1.48. The highest BCUT2D eigenvalue weighted by molar-refractivity contribution is 9.10. The summed E-state index contributed by atoms with van der Waals surface area (Å²) in [6, 6.07) is 6.43. The number of nitrogens with zero attached hydrogens (tertiary/aromatic N) is 1. The van der Waals surface area contributed by atoms with Crippen LogP contribution in [0.1, 0.15) is 46.0 Å². The van der Waals surface area contributed by atoms with Crippen LogP contribution in [-0.4, -0.2) is 46.8 Å². The lowest BCUT2D eigenvalue weighted by molar-refractivity contribution is -0.137. The molecule has 3 N–H and O–H groups in total. The average Bonchev–Trinajstić information content (AvgIpc) is 2.96. The standard InChI is InChI=1S/C21H27BrN4O5/c1-3-14-7-9-21(10-8-14)19(29)26(20(30)23-21)12-17(27)24-25-18(28)13(2)31-16-6-4-5-15(22)11-16/h4-6,11,13-14H,3,7-10,12H2,1-2H3,(H,23,30)(H,24,27)(H,25,28). The van der Waals surface area contributed by atoms with Gasteiger partial charge < -0.3 is 10.1 Å². The van der Waals surface area contributed by atoms with Crippen LogP contribution in [0.4, 0.5) is 4.79 Å². The first-order valence-corrected chi connectivity index (χ1v) is 11.2. The second-order valence-electron chi connectivity index (χ2n) is 8.01. The molecule has 1 aromatic carbocycles. The van der Waals surface area contributed by atoms with Crippen LogP contribution in [0.15, 0.2) is 28.7 Å². The van der Waals surface area contributed by atoms with E-state index >= 15 is 0 Å². The smallest absolute Gasteiger partial charge is 0.325 e. The quantitative estimate of drug-likeness (QED) is 0.414. The number of carbonyl (C=O) groups is 4. The minimum absolute atomic E-state index is 0.375. The summed E-state index contributed by atoms with van der Waals surface area (Å²) in [5.41, 5.74) is 3.59. The topological polar surface area (TPSA) is 117 Å². The first-order valence-electron chi connectivity index (χ1n) is 10.4. The van der Waals surface area contributed by atoms with Gasteiger partial charge in [0.15, 0.2) is 6.10 Å². The third-order valence-corrected chi connectivity index (χ3v) is 6.38. The van der Waals surface area contributed by atoms with E-state index in [9.17, 15) is 19.2 Å². The fourth-order valence-corrected chi connectivity index (χ4v) is 4.33. The van der Waals surface area contributed by atoms with E-state index in [-0.39, 0.29) is 5.91 Å². The van der Waals surface area contributed by atoms with Crippen molar-refractivity contribution < 1.29 is 23.9 Å². The predicted molar refractivity (Wildman–Crippen MR) is 116 cm³/mol. The summed E-state index contributed by atoms with van der Waals surface area (Å²) in [5.74, 6) is -0.569. The Labute approximate surface area is 189 Å². The monoisotopic (exact) mass is 494 g/mol. The predicted octanol–water partition coefficient (Wildman–Crippen LogP) is 2.25. The number of halogens is 1. The van der Waals surface area contributed by atoms with E-state index in [1.165, 1.54) is 6.92 Å². The van der Waals surface area contributed by atoms with Crippen LogP contribution in [0.2, 0.25) is 0 Å². The molecule has 2 fully saturated rings. The van der Waals surface area contributed by atoms with Gasteiger partial charge in [-0.25, -0.2) is 4.79 Å². The van der Waals surface area contributed by atoms with Crippen molar-refractivity contribution in [3.8, 4) is 5.75 Å². The highest BCUT2D eigenvalue weighted by Crippen LogP contribution is 2.37. The minimum Gasteiger partial charge on any atom is -0.481 e. The van der Waals surface area contributed by atoms with Gasteiger partial charge in [0.25, 0.3) is 17.7 Å². The van der Waals surface area contributed by atoms with Crippen LogP contribution >= 0.6 is 15.9 Å². The molecule has 1 aliphatic carbocycles. The Hall–Kier alpha value is -2.62. The molecule has 9 nitrogen and oxygen atoms in total. The Morgan fingerprint density at radius 3 is 2.65 bits per heavy atom. The van der Waals surface area contributed by atoms with E-state index in [1.54, 1.807) is 18.2 Å². The number of benzene rings is 1. The van der Waals surface area contributed by atoms with Crippen LogP contribution in [-0.2, 0) is 14.4 Å². The molecule has 5 amide bonds. The van der Waals surface area contributed by atoms with Gasteiger partial charge >= 0.3 is 6.03 Å². The molecule has 1 heterocycles. The number of urea groups is 1. The Morgan fingerprint density at radius 1 is 1.29 bits per heavy atom. The summed E-state index contributed by atoms with van der Waals surface area (Å²) in [4.78, 5) is 50.5. The van der Waals surface area contributed by atoms with Gasteiger partial charge in [0, 0.05) is 4.47 Å². The molecule has 0 aromatic heterocycles. The number of amides is 5. The molecule has 1 spiro atoms. The maximum atomic E-state index is 12.9. The van der Waals surface area contributed by atoms with Crippen LogP contribution < -0.4 is 20.9 Å². The first-order chi connectivity index (χ1) is 14.7. The lowest BCUT2D eigenvalue weighted by Crippen LogP contribution is -2.52. The van der Waals surface area contributed by atoms with E-state index < -0.39 is 36.0 Å². The van der Waals surface area contributed by atoms with E-state index in [2.05, 4.69) is 39.0 Å². The Morgan fingerprint density at radius 2 is 2.00 bits per heavy atom. The van der Waals surface area contributed by atoms with Crippen molar-refractivity contribution in [3.05, 3.63) is 28.7 Å². The normalized spacial score (nSPS) is 24.0. The van der Waals surface area contributed by atoms with Crippen LogP contribution in [0.25, 0.3) is 0 Å². The van der Waals surface area contributed by atoms with Gasteiger partial charge in [0.2, 0.25) is 0 Å². The number of ether oxygens (including phenoxy) is 1. The van der Waals surface area contributed by atoms with Crippen molar-refractivity contribution in [1.82, 2.24) is 21.1 Å². The largest absolute Gasteiger partial charge is 0.481 e. The number of hydrogen-bond donors (Lipinski definition) is 3. The van der Waals surface area contributed by atoms with Crippen molar-refractivity contribution in [3.63, 3.8) is 0 Å². The van der Waals surface area contributed by atoms with Crippen molar-refractivity contribution >= 4 is 39.7 Å². The lowest BCUT2D eigenvalue weighted by Gasteiger charge is -2.34. The fraction of sp³-hybridized carbons (Fsp3) is 0.524. The minimum atomic E-state index is -0.904. The average molecular weight is 495 g/mol. The van der Waals surface area contributed by atoms with Crippen LogP contribution in [0.5, 0.6) is 5.75 Å². The molecule has 31 heavy (non-hydrogen) atoms. The van der Waals surface area contributed by atoms with Crippen molar-refractivity contribution in [2.24, 2.45) is 5.92 Å². The van der Waals surface area contributed by atoms with E-state index in [4.69, 9.17) is 4.74 Å². The van der Waals surface area contributed by atoms with E-state index in [0.717, 1.165) is 28.6 Å². The van der Waals surface area contributed by atoms with Crippen LogP contribution in [0, 0.1) is 5.92 Å². The number of hydrazine groups is 1. The second-order valence-corrected chi connectivity index (χ2v) is 8.93. The number of imide groups is 1. The molecule has 0 bridgehead atoms. The fourth-order valence-electron chi connectivity index (χ4n) is 3.95. The SMILES string of the molecule is CCC1CCC2(CC1)NC(=O)N(CC(=O)NNC(=O)C(C)Oc1cccc(Br)c1)C2=O. The number of carbonyl (C=O) groups excluding carboxylic acids is 4. The zero-order valence-electron chi connectivity index (χ0n) is 17.6. The molecule has 1 saturated heterocycles. The van der Waals surface area contributed by atoms with Gasteiger partial charge in [-0.3, -0.25) is 30.1 Å². The molecular formula is C21H27BrN4O5. The molecule has 1 aromatic rings. The highest BCUT2D eigenvalue weighted by atomic mass is 79.9. The Bertz CT molecular complexity index is 869. The summed E-state index contributed by atoms with van der Waals surface area (Å²) < 4.78 is 6.33. The zero-order valence-corrected chi connectivity index (χ0v) is 19.2. The molecular weight excluding hydrogens is 468 g/mol. The van der Waals surface area contributed by atoms with Crippen molar-refractivity contribution in [1.29, 1.82) is 0 Å². The molecule has 0 radical (unpaired) electrons. The molecule has 10 heteroatoms. The number of hydrogen-bond acceptors (Lipinski definition) is 5. The zero-order chi connectivity index (χ0) is 22.6. The molecule has 1 atom stereocenters. The van der Waals surface area contributed by atoms with Gasteiger partial charge in [0.1, 0.15) is 17.8 Å². The lowest BCUT2D eigenvalue weighted by atomic mass is 9.75. The van der Waals surface area contributed by atoms with E-state index in [1.807, 2.05) is 6.07 Å². The van der Waals surface area contributed by atoms with Crippen molar-refractivity contribution in [2.45, 2.75) is 57.6 Å². The first kappa shape index (κ1) is 23.1. The summed E-state index contributed by atoms with van der Waals surface area (Å²) in [5, 5.41) is 2.78. The van der Waals surface area contributed by atoms with Gasteiger partial charge in [0.05, 0.1) is 0 Å².